The van der Waals surface area contributed by atoms with Gasteiger partial charge in [0, 0.05) is 12.2 Å². The molecule has 11 heteroatoms. The van der Waals surface area contributed by atoms with E-state index in [1.54, 1.807) is 46.8 Å². The van der Waals surface area contributed by atoms with Gasteiger partial charge in [0.1, 0.15) is 17.8 Å². The molecule has 1 heterocycles. The number of ketones is 1. The number of carbonyl (C=O) groups excluding carboxylic acids is 5. The van der Waals surface area contributed by atoms with Gasteiger partial charge in [0.2, 0.25) is 11.8 Å². The first-order chi connectivity index (χ1) is 16.9. The number of ether oxygens (including phenoxy) is 1. The van der Waals surface area contributed by atoms with Gasteiger partial charge in [-0.15, -0.1) is 0 Å². The Labute approximate surface area is 224 Å². The van der Waals surface area contributed by atoms with Crippen molar-refractivity contribution in [3.8, 4) is 0 Å². The van der Waals surface area contributed by atoms with E-state index in [1.165, 1.54) is 6.08 Å². The van der Waals surface area contributed by atoms with Crippen LogP contribution in [0.4, 0.5) is 0 Å². The molecule has 0 aliphatic carbocycles. The van der Waals surface area contributed by atoms with E-state index in [0.29, 0.717) is 12.2 Å². The summed E-state index contributed by atoms with van der Waals surface area (Å²) in [5.74, 6) is -3.51. The highest BCUT2D eigenvalue weighted by Gasteiger charge is 2.33. The number of amides is 3. The van der Waals surface area contributed by atoms with Crippen LogP contribution in [-0.4, -0.2) is 59.2 Å². The Kier molecular flexibility index (Phi) is 13.9. The number of allylic oxidation sites excluding steroid dienone is 2. The molecule has 9 nitrogen and oxygen atoms in total. The third-order valence-corrected chi connectivity index (χ3v) is 6.37. The zero-order valence-electron chi connectivity index (χ0n) is 21.6. The van der Waals surface area contributed by atoms with Crippen LogP contribution in [0, 0.1) is 17.8 Å². The van der Waals surface area contributed by atoms with Crippen molar-refractivity contribution in [3.05, 3.63) is 23.9 Å². The van der Waals surface area contributed by atoms with Crippen LogP contribution in [0.5, 0.6) is 0 Å². The number of hydrogen-bond acceptors (Lipinski definition) is 8. The highest BCUT2D eigenvalue weighted by atomic mass is 32.1. The Morgan fingerprint density at radius 3 is 2.14 bits per heavy atom. The average Bonchev–Trinajstić information content (AvgIpc) is 2.81. The topological polar surface area (TPSA) is 131 Å². The van der Waals surface area contributed by atoms with E-state index in [9.17, 15) is 24.0 Å². The highest BCUT2D eigenvalue weighted by Crippen LogP contribution is 2.16. The molecule has 1 saturated heterocycles. The van der Waals surface area contributed by atoms with Gasteiger partial charge in [-0.1, -0.05) is 39.8 Å². The van der Waals surface area contributed by atoms with Gasteiger partial charge in [0.15, 0.2) is 5.78 Å². The van der Waals surface area contributed by atoms with Crippen LogP contribution in [0.15, 0.2) is 23.9 Å². The van der Waals surface area contributed by atoms with Crippen LogP contribution >= 0.6 is 25.3 Å². The SMILES string of the molecule is C/C=C1\NC(=O)[C@@H](CS)CC(=O)[C@@H](C(C)C)NC(=O)C[C@@H](/C=C/CCS)OC(=O)[C@H](C(C)C)NC1=O. The van der Waals surface area contributed by atoms with E-state index < -0.39 is 47.8 Å². The summed E-state index contributed by atoms with van der Waals surface area (Å²) in [5.41, 5.74) is -0.0521. The van der Waals surface area contributed by atoms with Gasteiger partial charge in [-0.2, -0.15) is 25.3 Å². The standard InChI is InChI=1S/C25H39N3O6S2/c1-6-18-24(32)28-22(15(4)5)25(33)34-17(9-7-8-10-35)12-20(30)27-21(14(2)3)19(29)11-16(13-36)23(31)26-18/h6-7,9,14-17,21-22,35-36H,8,10-13H2,1-5H3,(H,26,31)(H,27,30)(H,28,32)/b9-7+,18-6-/t16-,17-,21-,22+/m1/s1. The monoisotopic (exact) mass is 541 g/mol. The number of hydrogen-bond donors (Lipinski definition) is 5. The molecule has 1 aliphatic heterocycles. The van der Waals surface area contributed by atoms with Crippen molar-refractivity contribution < 1.29 is 28.7 Å². The fraction of sp³-hybridized carbons (Fsp3) is 0.640. The molecule has 1 rings (SSSR count). The molecule has 0 unspecified atom stereocenters. The number of cyclic esters (lactones) is 1. The third kappa shape index (κ3) is 10.0. The fourth-order valence-corrected chi connectivity index (χ4v) is 3.99. The molecule has 202 valence electrons. The predicted molar refractivity (Wildman–Crippen MR) is 145 cm³/mol. The van der Waals surface area contributed by atoms with Crippen LogP contribution in [0.3, 0.4) is 0 Å². The number of esters is 1. The maximum atomic E-state index is 13.1. The second-order valence-corrected chi connectivity index (χ2v) is 10.2. The number of carbonyl (C=O) groups is 5. The molecular weight excluding hydrogens is 502 g/mol. The molecule has 1 fully saturated rings. The summed E-state index contributed by atoms with van der Waals surface area (Å²) in [4.78, 5) is 64.7. The highest BCUT2D eigenvalue weighted by molar-refractivity contribution is 7.80. The lowest BCUT2D eigenvalue weighted by atomic mass is 9.92. The lowest BCUT2D eigenvalue weighted by Gasteiger charge is -2.27. The van der Waals surface area contributed by atoms with Gasteiger partial charge in [-0.25, -0.2) is 4.79 Å². The number of thiol groups is 2. The second kappa shape index (κ2) is 15.8. The number of rotatable bonds is 6. The smallest absolute Gasteiger partial charge is 0.329 e. The first kappa shape index (κ1) is 31.8. The third-order valence-electron chi connectivity index (χ3n) is 5.67. The van der Waals surface area contributed by atoms with Crippen molar-refractivity contribution in [1.82, 2.24) is 16.0 Å². The molecule has 4 atom stereocenters. The molecule has 0 aromatic carbocycles. The van der Waals surface area contributed by atoms with Crippen molar-refractivity contribution >= 4 is 54.7 Å². The largest absolute Gasteiger partial charge is 0.456 e. The Bertz CT molecular complexity index is 872. The van der Waals surface area contributed by atoms with Crippen LogP contribution in [0.1, 0.15) is 53.9 Å². The van der Waals surface area contributed by atoms with Crippen LogP contribution in [-0.2, 0) is 28.7 Å². The maximum Gasteiger partial charge on any atom is 0.329 e. The molecule has 1 aliphatic rings. The summed E-state index contributed by atoms with van der Waals surface area (Å²) in [6.45, 7) is 8.64. The van der Waals surface area contributed by atoms with Crippen molar-refractivity contribution in [1.29, 1.82) is 0 Å². The summed E-state index contributed by atoms with van der Waals surface area (Å²) in [6.07, 6.45) is 4.11. The second-order valence-electron chi connectivity index (χ2n) is 9.35. The number of nitrogens with one attached hydrogen (secondary N) is 3. The molecule has 0 bridgehead atoms. The summed E-state index contributed by atoms with van der Waals surface area (Å²) in [5, 5.41) is 7.89. The Morgan fingerprint density at radius 1 is 0.972 bits per heavy atom. The summed E-state index contributed by atoms with van der Waals surface area (Å²) < 4.78 is 5.61. The zero-order chi connectivity index (χ0) is 27.4. The maximum absolute atomic E-state index is 13.1. The Balaban J connectivity index is 3.43. The molecule has 3 amide bonds. The zero-order valence-corrected chi connectivity index (χ0v) is 23.4. The van der Waals surface area contributed by atoms with Crippen LogP contribution < -0.4 is 16.0 Å². The summed E-state index contributed by atoms with van der Waals surface area (Å²) in [7, 11) is 0. The lowest BCUT2D eigenvalue weighted by Crippen LogP contribution is -2.50. The molecule has 0 radical (unpaired) electrons. The van der Waals surface area contributed by atoms with E-state index in [-0.39, 0.29) is 41.9 Å². The predicted octanol–water partition coefficient (Wildman–Crippen LogP) is 1.98. The molecule has 36 heavy (non-hydrogen) atoms. The van der Waals surface area contributed by atoms with Crippen molar-refractivity contribution in [3.63, 3.8) is 0 Å². The van der Waals surface area contributed by atoms with E-state index in [2.05, 4.69) is 41.2 Å². The van der Waals surface area contributed by atoms with Gasteiger partial charge >= 0.3 is 5.97 Å². The first-order valence-electron chi connectivity index (χ1n) is 12.1. The van der Waals surface area contributed by atoms with Gasteiger partial charge in [-0.05, 0) is 37.0 Å². The van der Waals surface area contributed by atoms with E-state index >= 15 is 0 Å². The minimum Gasteiger partial charge on any atom is -0.456 e. The average molecular weight is 542 g/mol. The van der Waals surface area contributed by atoms with E-state index in [1.807, 2.05) is 0 Å². The minimum absolute atomic E-state index is 0.0521. The summed E-state index contributed by atoms with van der Waals surface area (Å²) >= 11 is 8.38. The summed E-state index contributed by atoms with van der Waals surface area (Å²) in [6, 6.07) is -1.86. The fourth-order valence-electron chi connectivity index (χ4n) is 3.55. The number of Topliss-reactive ketones (excluding diaryl/α,β-unsaturated/α-hetero) is 1. The Hall–Kier alpha value is -2.27. The molecular formula is C25H39N3O6S2. The van der Waals surface area contributed by atoms with E-state index in [0.717, 1.165) is 0 Å². The van der Waals surface area contributed by atoms with Crippen LogP contribution in [0.2, 0.25) is 0 Å². The minimum atomic E-state index is -1.02. The van der Waals surface area contributed by atoms with E-state index in [4.69, 9.17) is 4.74 Å². The van der Waals surface area contributed by atoms with Gasteiger partial charge in [0.25, 0.3) is 5.91 Å². The van der Waals surface area contributed by atoms with Crippen molar-refractivity contribution in [2.24, 2.45) is 17.8 Å². The Morgan fingerprint density at radius 2 is 1.61 bits per heavy atom. The van der Waals surface area contributed by atoms with Crippen molar-refractivity contribution in [2.75, 3.05) is 11.5 Å². The lowest BCUT2D eigenvalue weighted by molar-refractivity contribution is -0.153. The van der Waals surface area contributed by atoms with Crippen LogP contribution in [0.25, 0.3) is 0 Å². The molecule has 0 saturated carbocycles. The van der Waals surface area contributed by atoms with Gasteiger partial charge < -0.3 is 20.7 Å². The first-order valence-corrected chi connectivity index (χ1v) is 13.4. The van der Waals surface area contributed by atoms with Gasteiger partial charge in [0.05, 0.1) is 18.4 Å². The molecule has 3 N–H and O–H groups in total. The van der Waals surface area contributed by atoms with Gasteiger partial charge in [-0.3, -0.25) is 19.2 Å². The van der Waals surface area contributed by atoms with Crippen molar-refractivity contribution in [2.45, 2.75) is 72.1 Å². The molecule has 0 spiro atoms. The quantitative estimate of drug-likeness (QED) is 0.151. The molecule has 0 aromatic heterocycles. The molecule has 0 aromatic rings. The normalized spacial score (nSPS) is 26.8.